The van der Waals surface area contributed by atoms with E-state index in [0.717, 1.165) is 17.7 Å². The molecular formula is C31H42F4N4O2. The van der Waals surface area contributed by atoms with Crippen LogP contribution >= 0.6 is 0 Å². The quantitative estimate of drug-likeness (QED) is 0.0916. The Hall–Kier alpha value is -3.40. The van der Waals surface area contributed by atoms with E-state index >= 15 is 0 Å². The minimum atomic E-state index is -4.65. The summed E-state index contributed by atoms with van der Waals surface area (Å²) in [6.45, 7) is 9.34. The summed E-state index contributed by atoms with van der Waals surface area (Å²) in [4.78, 5) is 18.3. The number of alkyl halides is 3. The van der Waals surface area contributed by atoms with Crippen molar-refractivity contribution in [3.8, 4) is 0 Å². The Kier molecular flexibility index (Phi) is 13.3. The van der Waals surface area contributed by atoms with Gasteiger partial charge in [0.1, 0.15) is 18.4 Å². The summed E-state index contributed by atoms with van der Waals surface area (Å²) < 4.78 is 60.1. The summed E-state index contributed by atoms with van der Waals surface area (Å²) in [6, 6.07) is 3.08. The Morgan fingerprint density at radius 2 is 2.00 bits per heavy atom. The number of halogens is 4. The van der Waals surface area contributed by atoms with Gasteiger partial charge in [-0.25, -0.2) is 4.39 Å². The monoisotopic (exact) mass is 578 g/mol. The van der Waals surface area contributed by atoms with Gasteiger partial charge in [0.25, 0.3) is 0 Å². The molecule has 1 atom stereocenters. The van der Waals surface area contributed by atoms with Gasteiger partial charge in [0, 0.05) is 29.9 Å². The number of fused-ring (bicyclic) bond motifs is 1. The van der Waals surface area contributed by atoms with Crippen LogP contribution < -0.4 is 16.0 Å². The van der Waals surface area contributed by atoms with Crippen LogP contribution in [-0.4, -0.2) is 49.6 Å². The number of allylic oxidation sites excluding steroid dienone is 3. The van der Waals surface area contributed by atoms with Crippen LogP contribution in [0.25, 0.3) is 0 Å². The zero-order valence-corrected chi connectivity index (χ0v) is 24.5. The molecule has 1 amide bonds. The lowest BCUT2D eigenvalue weighted by molar-refractivity contribution is -0.133. The number of nitrogens with one attached hydrogen (secondary N) is 1. The van der Waals surface area contributed by atoms with Gasteiger partial charge >= 0.3 is 6.18 Å². The summed E-state index contributed by atoms with van der Waals surface area (Å²) in [5.41, 5.74) is 9.45. The molecular weight excluding hydrogens is 536 g/mol. The molecule has 0 fully saturated rings. The van der Waals surface area contributed by atoms with E-state index in [4.69, 9.17) is 10.5 Å². The van der Waals surface area contributed by atoms with Crippen molar-refractivity contribution in [2.45, 2.75) is 78.6 Å². The number of carbonyl (C=O) groups is 1. The number of hydrogen-bond donors (Lipinski definition) is 2. The second kappa shape index (κ2) is 16.1. The Morgan fingerprint density at radius 1 is 1.27 bits per heavy atom. The molecule has 1 aromatic rings. The van der Waals surface area contributed by atoms with Crippen molar-refractivity contribution < 1.29 is 27.1 Å². The zero-order chi connectivity index (χ0) is 30.6. The molecule has 41 heavy (non-hydrogen) atoms. The molecule has 1 unspecified atom stereocenters. The highest BCUT2D eigenvalue weighted by atomic mass is 19.4. The maximum atomic E-state index is 14.4. The van der Waals surface area contributed by atoms with Crippen LogP contribution in [0.3, 0.4) is 0 Å². The summed E-state index contributed by atoms with van der Waals surface area (Å²) >= 11 is 0. The van der Waals surface area contributed by atoms with Crippen molar-refractivity contribution in [1.82, 2.24) is 5.32 Å². The van der Waals surface area contributed by atoms with Crippen LogP contribution in [0.15, 0.2) is 70.5 Å². The molecule has 10 heteroatoms. The van der Waals surface area contributed by atoms with Gasteiger partial charge in [-0.05, 0) is 64.7 Å². The topological polar surface area (TPSA) is 80.0 Å². The summed E-state index contributed by atoms with van der Waals surface area (Å²) in [6.07, 6.45) is 6.04. The molecule has 1 aliphatic heterocycles. The maximum absolute atomic E-state index is 14.4. The van der Waals surface area contributed by atoms with E-state index in [1.165, 1.54) is 24.4 Å². The minimum Gasteiger partial charge on any atom is -0.397 e. The largest absolute Gasteiger partial charge is 0.406 e. The molecule has 0 radical (unpaired) electrons. The average molecular weight is 579 g/mol. The van der Waals surface area contributed by atoms with Gasteiger partial charge in [0.15, 0.2) is 0 Å². The molecule has 0 aromatic heterocycles. The third-order valence-electron chi connectivity index (χ3n) is 6.23. The van der Waals surface area contributed by atoms with E-state index in [-0.39, 0.29) is 30.1 Å². The molecule has 1 aliphatic rings. The van der Waals surface area contributed by atoms with E-state index < -0.39 is 30.5 Å². The minimum absolute atomic E-state index is 0.0630. The number of anilines is 1. The first-order valence-electron chi connectivity index (χ1n) is 13.8. The van der Waals surface area contributed by atoms with Crippen molar-refractivity contribution in [2.24, 2.45) is 10.7 Å². The number of carbonyl (C=O) groups excluding carboxylic acids is 1. The maximum Gasteiger partial charge on any atom is 0.406 e. The highest BCUT2D eigenvalue weighted by Crippen LogP contribution is 2.32. The molecule has 1 aromatic carbocycles. The van der Waals surface area contributed by atoms with E-state index in [1.54, 1.807) is 6.08 Å². The van der Waals surface area contributed by atoms with Gasteiger partial charge in [0.2, 0.25) is 5.91 Å². The van der Waals surface area contributed by atoms with Crippen molar-refractivity contribution in [2.75, 3.05) is 24.7 Å². The smallest absolute Gasteiger partial charge is 0.397 e. The second-order valence-electron chi connectivity index (χ2n) is 10.3. The van der Waals surface area contributed by atoms with Gasteiger partial charge in [-0.15, -0.1) is 0 Å². The van der Waals surface area contributed by atoms with Crippen LogP contribution in [0.1, 0.15) is 59.4 Å². The standard InChI is InChI=1S/C31H42F4N4O2/c1-6-9-24(10-8-17-41-19-22(4)13-14-23(5)38-21(2)3)27(36)18-37-28-16-15-25-26(32)11-7-12-29(25)39(30(28)40)20-31(33,34)35/h7-13,18,21,28,37H,6,14-17,19-20,36H2,1-5H3/b10-8-,22-13+,24-9+,27-18-,38-23?. The Morgan fingerprint density at radius 3 is 2.66 bits per heavy atom. The number of benzene rings is 1. The molecule has 0 spiro atoms. The zero-order valence-electron chi connectivity index (χ0n) is 24.5. The van der Waals surface area contributed by atoms with Crippen LogP contribution in [-0.2, 0) is 16.0 Å². The van der Waals surface area contributed by atoms with Gasteiger partial charge in [-0.1, -0.05) is 42.9 Å². The molecule has 6 nitrogen and oxygen atoms in total. The molecule has 226 valence electrons. The van der Waals surface area contributed by atoms with Crippen LogP contribution in [0, 0.1) is 5.82 Å². The fourth-order valence-corrected chi connectivity index (χ4v) is 4.38. The highest BCUT2D eigenvalue weighted by Gasteiger charge is 2.39. The molecule has 2 rings (SSSR count). The first kappa shape index (κ1) is 33.8. The third-order valence-corrected chi connectivity index (χ3v) is 6.23. The molecule has 0 saturated heterocycles. The fourth-order valence-electron chi connectivity index (χ4n) is 4.38. The number of amides is 1. The first-order chi connectivity index (χ1) is 19.3. The summed E-state index contributed by atoms with van der Waals surface area (Å²) in [5, 5.41) is 2.88. The van der Waals surface area contributed by atoms with E-state index in [2.05, 4.69) is 16.4 Å². The van der Waals surface area contributed by atoms with Crippen LogP contribution in [0.4, 0.5) is 23.2 Å². The number of aliphatic imine (C=N–C) groups is 1. The summed E-state index contributed by atoms with van der Waals surface area (Å²) in [5.74, 6) is -1.44. The van der Waals surface area contributed by atoms with Crippen molar-refractivity contribution in [1.29, 1.82) is 0 Å². The fraction of sp³-hybridized carbons (Fsp3) is 0.484. The Labute approximate surface area is 240 Å². The van der Waals surface area contributed by atoms with E-state index in [9.17, 15) is 22.4 Å². The van der Waals surface area contributed by atoms with E-state index in [1.807, 2.05) is 46.8 Å². The summed E-state index contributed by atoms with van der Waals surface area (Å²) in [7, 11) is 0. The molecule has 3 N–H and O–H groups in total. The third kappa shape index (κ3) is 11.5. The first-order valence-corrected chi connectivity index (χ1v) is 13.8. The molecule has 0 aliphatic carbocycles. The second-order valence-corrected chi connectivity index (χ2v) is 10.3. The van der Waals surface area contributed by atoms with Gasteiger partial charge in [-0.3, -0.25) is 9.79 Å². The van der Waals surface area contributed by atoms with Gasteiger partial charge in [0.05, 0.1) is 24.6 Å². The lowest BCUT2D eigenvalue weighted by Gasteiger charge is -2.27. The predicted octanol–water partition coefficient (Wildman–Crippen LogP) is 6.54. The van der Waals surface area contributed by atoms with Crippen LogP contribution in [0.5, 0.6) is 0 Å². The van der Waals surface area contributed by atoms with Gasteiger partial charge < -0.3 is 20.7 Å². The lowest BCUT2D eigenvalue weighted by atomic mass is 10.1. The number of ether oxygens (including phenoxy) is 1. The number of hydrogen-bond acceptors (Lipinski definition) is 5. The molecule has 0 bridgehead atoms. The average Bonchev–Trinajstić information content (AvgIpc) is 3.01. The number of nitrogens with two attached hydrogens (primary N) is 1. The molecule has 0 saturated carbocycles. The Bertz CT molecular complexity index is 1180. The lowest BCUT2D eigenvalue weighted by Crippen LogP contribution is -2.48. The SMILES string of the molecule is CC/C=C(\C=C/COC/C(C)=C/CC(C)=NC(C)C)C(/N)=C/NC1CCc2c(F)cccc2N(CC(F)(F)F)C1=O. The highest BCUT2D eigenvalue weighted by molar-refractivity contribution is 5.98. The van der Waals surface area contributed by atoms with Crippen molar-refractivity contribution in [3.05, 3.63) is 76.9 Å². The Balaban J connectivity index is 2.05. The van der Waals surface area contributed by atoms with E-state index in [0.29, 0.717) is 35.8 Å². The number of rotatable bonds is 13. The molecule has 1 heterocycles. The predicted molar refractivity (Wildman–Crippen MR) is 157 cm³/mol. The van der Waals surface area contributed by atoms with Crippen molar-refractivity contribution >= 4 is 17.3 Å². The van der Waals surface area contributed by atoms with Crippen molar-refractivity contribution in [3.63, 3.8) is 0 Å². The van der Waals surface area contributed by atoms with Gasteiger partial charge in [-0.2, -0.15) is 13.2 Å². The van der Waals surface area contributed by atoms with Crippen LogP contribution in [0.2, 0.25) is 0 Å². The normalized spacial score (nSPS) is 17.9. The number of nitrogens with zero attached hydrogens (tertiary/aromatic N) is 2.